The zero-order valence-electron chi connectivity index (χ0n) is 19.8. The Kier molecular flexibility index (Phi) is 6.05. The van der Waals surface area contributed by atoms with Crippen LogP contribution in [0.4, 0.5) is 10.5 Å². The summed E-state index contributed by atoms with van der Waals surface area (Å²) in [5, 5.41) is 3.05. The monoisotopic (exact) mass is 440 g/mol. The molecule has 1 aromatic rings. The lowest BCUT2D eigenvalue weighted by Gasteiger charge is -2.41. The molecule has 1 saturated carbocycles. The zero-order valence-corrected chi connectivity index (χ0v) is 19.8. The van der Waals surface area contributed by atoms with Gasteiger partial charge in [0.2, 0.25) is 0 Å². The molecule has 0 unspecified atom stereocenters. The normalized spacial score (nSPS) is 27.2. The number of anilines is 1. The number of rotatable bonds is 4. The molecule has 1 aliphatic carbocycles. The molecule has 3 aliphatic rings. The number of ketones is 1. The molecule has 2 heterocycles. The summed E-state index contributed by atoms with van der Waals surface area (Å²) in [4.78, 5) is 43.3. The van der Waals surface area contributed by atoms with Crippen LogP contribution in [0.3, 0.4) is 0 Å². The molecule has 4 rings (SSSR count). The number of carbonyl (C=O) groups is 3. The Morgan fingerprint density at radius 1 is 1.03 bits per heavy atom. The van der Waals surface area contributed by atoms with E-state index >= 15 is 0 Å². The summed E-state index contributed by atoms with van der Waals surface area (Å²) in [6.07, 6.45) is 3.43. The van der Waals surface area contributed by atoms with Crippen LogP contribution in [0.2, 0.25) is 0 Å². The average Bonchev–Trinajstić information content (AvgIpc) is 2.98. The van der Waals surface area contributed by atoms with Gasteiger partial charge in [-0.3, -0.25) is 14.5 Å². The Hall–Kier alpha value is -2.41. The molecule has 174 valence electrons. The number of carbonyl (C=O) groups excluding carboxylic acids is 3. The van der Waals surface area contributed by atoms with Gasteiger partial charge in [0.1, 0.15) is 5.54 Å². The second-order valence-corrected chi connectivity index (χ2v) is 10.7. The summed E-state index contributed by atoms with van der Waals surface area (Å²) in [5.74, 6) is 0.612. The number of benzene rings is 1. The Morgan fingerprint density at radius 2 is 1.62 bits per heavy atom. The van der Waals surface area contributed by atoms with Crippen LogP contribution in [-0.2, 0) is 4.79 Å². The number of hydrogen-bond donors (Lipinski definition) is 1. The van der Waals surface area contributed by atoms with E-state index in [9.17, 15) is 14.4 Å². The number of Topliss-reactive ketones (excluding diaryl/α,β-unsaturated/α-hetero) is 1. The van der Waals surface area contributed by atoms with E-state index < -0.39 is 5.54 Å². The molecule has 3 amide bonds. The molecule has 2 saturated heterocycles. The van der Waals surface area contributed by atoms with Crippen molar-refractivity contribution in [1.82, 2.24) is 15.1 Å². The predicted molar refractivity (Wildman–Crippen MR) is 125 cm³/mol. The first-order chi connectivity index (χ1) is 15.1. The third-order valence-corrected chi connectivity index (χ3v) is 7.66. The molecule has 7 nitrogen and oxygen atoms in total. The molecule has 7 heteroatoms. The molecular weight excluding hydrogens is 404 g/mol. The standard InChI is InChI=1S/C25H36N4O3/c1-18(30)19-5-7-21(8-6-19)28-15-13-27(14-16-28)17-29-22(31)25(26-23(29)32)11-9-20(10-12-25)24(2,3)4/h5-8,20H,9-17H2,1-4H3,(H,26,32). The van der Waals surface area contributed by atoms with Gasteiger partial charge in [0, 0.05) is 37.4 Å². The van der Waals surface area contributed by atoms with Crippen LogP contribution in [0.1, 0.15) is 63.7 Å². The smallest absolute Gasteiger partial charge is 0.326 e. The van der Waals surface area contributed by atoms with Crippen LogP contribution in [-0.4, -0.2) is 65.9 Å². The van der Waals surface area contributed by atoms with Crippen molar-refractivity contribution in [3.8, 4) is 0 Å². The Morgan fingerprint density at radius 3 is 2.16 bits per heavy atom. The fourth-order valence-corrected chi connectivity index (χ4v) is 5.37. The van der Waals surface area contributed by atoms with Crippen molar-refractivity contribution in [3.05, 3.63) is 29.8 Å². The topological polar surface area (TPSA) is 73.0 Å². The predicted octanol–water partition coefficient (Wildman–Crippen LogP) is 3.50. The van der Waals surface area contributed by atoms with Gasteiger partial charge in [-0.05, 0) is 68.2 Å². The highest BCUT2D eigenvalue weighted by molar-refractivity contribution is 6.07. The van der Waals surface area contributed by atoms with E-state index in [1.165, 1.54) is 4.90 Å². The van der Waals surface area contributed by atoms with Crippen LogP contribution in [0.5, 0.6) is 0 Å². The number of hydrogen-bond acceptors (Lipinski definition) is 5. The van der Waals surface area contributed by atoms with Gasteiger partial charge in [-0.2, -0.15) is 0 Å². The fourth-order valence-electron chi connectivity index (χ4n) is 5.37. The number of imide groups is 1. The summed E-state index contributed by atoms with van der Waals surface area (Å²) < 4.78 is 0. The number of piperazine rings is 1. The van der Waals surface area contributed by atoms with Crippen molar-refractivity contribution in [2.24, 2.45) is 11.3 Å². The molecule has 1 N–H and O–H groups in total. The molecule has 2 aliphatic heterocycles. The maximum absolute atomic E-state index is 13.3. The number of amides is 3. The average molecular weight is 441 g/mol. The maximum Gasteiger partial charge on any atom is 0.326 e. The SMILES string of the molecule is CC(=O)c1ccc(N2CCN(CN3C(=O)NC4(CCC(C(C)(C)C)CC4)C3=O)CC2)cc1. The van der Waals surface area contributed by atoms with Gasteiger partial charge < -0.3 is 10.2 Å². The van der Waals surface area contributed by atoms with E-state index in [1.807, 2.05) is 24.3 Å². The van der Waals surface area contributed by atoms with Gasteiger partial charge in [-0.25, -0.2) is 9.69 Å². The quantitative estimate of drug-likeness (QED) is 0.573. The van der Waals surface area contributed by atoms with E-state index in [0.717, 1.165) is 63.1 Å². The Labute approximate surface area is 191 Å². The lowest BCUT2D eigenvalue weighted by atomic mass is 9.67. The van der Waals surface area contributed by atoms with Gasteiger partial charge in [0.05, 0.1) is 6.67 Å². The molecule has 0 atom stereocenters. The van der Waals surface area contributed by atoms with Crippen LogP contribution >= 0.6 is 0 Å². The van der Waals surface area contributed by atoms with Crippen LogP contribution < -0.4 is 10.2 Å². The molecule has 32 heavy (non-hydrogen) atoms. The Bertz CT molecular complexity index is 873. The summed E-state index contributed by atoms with van der Waals surface area (Å²) in [6, 6.07) is 7.46. The highest BCUT2D eigenvalue weighted by atomic mass is 16.2. The van der Waals surface area contributed by atoms with Gasteiger partial charge in [-0.15, -0.1) is 0 Å². The highest BCUT2D eigenvalue weighted by Crippen LogP contribution is 2.43. The molecule has 3 fully saturated rings. The van der Waals surface area contributed by atoms with Crippen molar-refractivity contribution in [2.75, 3.05) is 37.7 Å². The minimum atomic E-state index is -0.695. The second kappa shape index (κ2) is 8.50. The van der Waals surface area contributed by atoms with Crippen molar-refractivity contribution in [1.29, 1.82) is 0 Å². The Balaban J connectivity index is 1.32. The van der Waals surface area contributed by atoms with Crippen molar-refractivity contribution >= 4 is 23.4 Å². The highest BCUT2D eigenvalue weighted by Gasteiger charge is 2.53. The van der Waals surface area contributed by atoms with Crippen molar-refractivity contribution in [3.63, 3.8) is 0 Å². The van der Waals surface area contributed by atoms with E-state index in [4.69, 9.17) is 0 Å². The first-order valence-corrected chi connectivity index (χ1v) is 11.8. The van der Waals surface area contributed by atoms with Crippen LogP contribution in [0.15, 0.2) is 24.3 Å². The largest absolute Gasteiger partial charge is 0.369 e. The molecular formula is C25H36N4O3. The molecule has 1 aromatic carbocycles. The summed E-state index contributed by atoms with van der Waals surface area (Å²) in [7, 11) is 0. The van der Waals surface area contributed by atoms with Crippen molar-refractivity contribution in [2.45, 2.75) is 58.9 Å². The molecule has 1 spiro atoms. The van der Waals surface area contributed by atoms with E-state index in [2.05, 4.69) is 35.9 Å². The van der Waals surface area contributed by atoms with Gasteiger partial charge in [-0.1, -0.05) is 20.8 Å². The van der Waals surface area contributed by atoms with Gasteiger partial charge in [0.15, 0.2) is 5.78 Å². The first-order valence-electron chi connectivity index (χ1n) is 11.8. The molecule has 0 bridgehead atoms. The minimum absolute atomic E-state index is 0.0443. The maximum atomic E-state index is 13.3. The second-order valence-electron chi connectivity index (χ2n) is 10.7. The first kappa shape index (κ1) is 22.8. The summed E-state index contributed by atoms with van der Waals surface area (Å²) in [5.41, 5.74) is 1.36. The number of urea groups is 1. The van der Waals surface area contributed by atoms with Crippen molar-refractivity contribution < 1.29 is 14.4 Å². The summed E-state index contributed by atoms with van der Waals surface area (Å²) in [6.45, 7) is 11.9. The summed E-state index contributed by atoms with van der Waals surface area (Å²) >= 11 is 0. The number of nitrogens with zero attached hydrogens (tertiary/aromatic N) is 3. The van der Waals surface area contributed by atoms with E-state index in [0.29, 0.717) is 12.6 Å². The lowest BCUT2D eigenvalue weighted by molar-refractivity contribution is -0.134. The third kappa shape index (κ3) is 4.40. The van der Waals surface area contributed by atoms with Gasteiger partial charge >= 0.3 is 6.03 Å². The van der Waals surface area contributed by atoms with E-state index in [1.54, 1.807) is 6.92 Å². The molecule has 0 aromatic heterocycles. The van der Waals surface area contributed by atoms with Crippen LogP contribution in [0.25, 0.3) is 0 Å². The third-order valence-electron chi connectivity index (χ3n) is 7.66. The molecule has 0 radical (unpaired) electrons. The zero-order chi connectivity index (χ0) is 23.1. The minimum Gasteiger partial charge on any atom is -0.369 e. The lowest BCUT2D eigenvalue weighted by Crippen LogP contribution is -2.53. The van der Waals surface area contributed by atoms with Crippen LogP contribution in [0, 0.1) is 11.3 Å². The van der Waals surface area contributed by atoms with Gasteiger partial charge in [0.25, 0.3) is 5.91 Å². The number of nitrogens with one attached hydrogen (secondary N) is 1. The fraction of sp³-hybridized carbons (Fsp3) is 0.640. The van der Waals surface area contributed by atoms with E-state index in [-0.39, 0.29) is 23.1 Å².